The number of nitrogens with zero attached hydrogens (tertiary/aromatic N) is 1. The highest BCUT2D eigenvalue weighted by molar-refractivity contribution is 5.85. The van der Waals surface area contributed by atoms with E-state index in [0.29, 0.717) is 5.52 Å². The molecular weight excluding hydrogens is 254 g/mol. The van der Waals surface area contributed by atoms with Gasteiger partial charge in [-0.2, -0.15) is 0 Å². The van der Waals surface area contributed by atoms with E-state index in [1.54, 1.807) is 0 Å². The third kappa shape index (κ3) is 1.95. The molecule has 0 saturated heterocycles. The van der Waals surface area contributed by atoms with Gasteiger partial charge in [0.15, 0.2) is 0 Å². The van der Waals surface area contributed by atoms with Crippen molar-refractivity contribution in [2.24, 2.45) is 0 Å². The topological polar surface area (TPSA) is 69.0 Å². The minimum Gasteiger partial charge on any atom is -0.316 e. The molecule has 2 aromatic rings. The second kappa shape index (κ2) is 4.59. The molecule has 0 aliphatic carbocycles. The molecule has 5 nitrogen and oxygen atoms in total. The van der Waals surface area contributed by atoms with Crippen LogP contribution >= 0.6 is 12.4 Å². The molecule has 0 amide bonds. The zero-order chi connectivity index (χ0) is 12.0. The number of aromatic amines is 2. The van der Waals surface area contributed by atoms with Gasteiger partial charge in [0.25, 0.3) is 0 Å². The van der Waals surface area contributed by atoms with Crippen LogP contribution in [0.3, 0.4) is 0 Å². The molecule has 1 aromatic heterocycles. The Bertz CT molecular complexity index is 705. The van der Waals surface area contributed by atoms with E-state index < -0.39 is 11.1 Å². The summed E-state index contributed by atoms with van der Waals surface area (Å²) >= 11 is 0. The lowest BCUT2D eigenvalue weighted by Gasteiger charge is -2.25. The van der Waals surface area contributed by atoms with Crippen LogP contribution < -0.4 is 11.1 Å². The predicted octanol–water partition coefficient (Wildman–Crippen LogP) is 0.626. The Hall–Kier alpha value is -1.59. The van der Waals surface area contributed by atoms with Crippen molar-refractivity contribution in [3.63, 3.8) is 0 Å². The third-order valence-electron chi connectivity index (χ3n) is 3.29. The summed E-state index contributed by atoms with van der Waals surface area (Å²) in [5.74, 6) is 0. The molecule has 2 N–H and O–H groups in total. The van der Waals surface area contributed by atoms with Crippen molar-refractivity contribution in [2.75, 3.05) is 13.6 Å². The van der Waals surface area contributed by atoms with Crippen molar-refractivity contribution < 1.29 is 0 Å². The third-order valence-corrected chi connectivity index (χ3v) is 3.29. The van der Waals surface area contributed by atoms with E-state index in [2.05, 4.69) is 14.9 Å². The van der Waals surface area contributed by atoms with Crippen molar-refractivity contribution in [2.45, 2.75) is 13.0 Å². The van der Waals surface area contributed by atoms with Crippen LogP contribution in [0.25, 0.3) is 11.0 Å². The van der Waals surface area contributed by atoms with Gasteiger partial charge in [0.1, 0.15) is 0 Å². The molecule has 0 spiro atoms. The van der Waals surface area contributed by atoms with E-state index in [1.807, 2.05) is 19.2 Å². The van der Waals surface area contributed by atoms with Crippen LogP contribution in [0.1, 0.15) is 11.1 Å². The van der Waals surface area contributed by atoms with Gasteiger partial charge in [0.05, 0.1) is 11.0 Å². The number of aromatic nitrogens is 2. The van der Waals surface area contributed by atoms with Crippen molar-refractivity contribution in [3.8, 4) is 0 Å². The Labute approximate surface area is 109 Å². The van der Waals surface area contributed by atoms with Gasteiger partial charge in [0, 0.05) is 13.1 Å². The normalized spacial score (nSPS) is 15.2. The Morgan fingerprint density at radius 3 is 2.67 bits per heavy atom. The first-order chi connectivity index (χ1) is 8.15. The molecule has 6 heteroatoms. The monoisotopic (exact) mass is 267 g/mol. The first kappa shape index (κ1) is 12.9. The highest BCUT2D eigenvalue weighted by atomic mass is 35.5. The molecule has 0 saturated carbocycles. The first-order valence-electron chi connectivity index (χ1n) is 5.61. The molecule has 1 aliphatic heterocycles. The number of nitrogens with one attached hydrogen (secondary N) is 2. The summed E-state index contributed by atoms with van der Waals surface area (Å²) < 4.78 is 0. The van der Waals surface area contributed by atoms with Crippen molar-refractivity contribution in [3.05, 3.63) is 44.0 Å². The Kier molecular flexibility index (Phi) is 3.28. The van der Waals surface area contributed by atoms with Gasteiger partial charge in [-0.05, 0) is 30.7 Å². The summed E-state index contributed by atoms with van der Waals surface area (Å²) in [7, 11) is 2.05. The van der Waals surface area contributed by atoms with E-state index in [1.165, 1.54) is 5.56 Å². The number of hydrogen-bond acceptors (Lipinski definition) is 3. The fourth-order valence-corrected chi connectivity index (χ4v) is 2.36. The van der Waals surface area contributed by atoms with Crippen molar-refractivity contribution in [1.29, 1.82) is 0 Å². The van der Waals surface area contributed by atoms with Crippen molar-refractivity contribution in [1.82, 2.24) is 14.9 Å². The number of H-pyrrole nitrogens is 2. The van der Waals surface area contributed by atoms with Gasteiger partial charge in [-0.1, -0.05) is 6.07 Å². The molecule has 18 heavy (non-hydrogen) atoms. The molecule has 0 bridgehead atoms. The molecule has 1 aliphatic rings. The summed E-state index contributed by atoms with van der Waals surface area (Å²) in [6.07, 6.45) is 0.975. The lowest BCUT2D eigenvalue weighted by molar-refractivity contribution is 0.314. The zero-order valence-electron chi connectivity index (χ0n) is 9.95. The van der Waals surface area contributed by atoms with E-state index in [-0.39, 0.29) is 12.4 Å². The zero-order valence-corrected chi connectivity index (χ0v) is 10.8. The van der Waals surface area contributed by atoms with Gasteiger partial charge in [-0.25, -0.2) is 0 Å². The SMILES string of the molecule is CN1CCc2ccc3[nH]c(=O)c(=O)[nH]c3c2C1.Cl. The fourth-order valence-electron chi connectivity index (χ4n) is 2.36. The maximum absolute atomic E-state index is 11.4. The Morgan fingerprint density at radius 1 is 1.17 bits per heavy atom. The van der Waals surface area contributed by atoms with Gasteiger partial charge in [-0.15, -0.1) is 12.4 Å². The maximum Gasteiger partial charge on any atom is 0.314 e. The molecule has 3 rings (SSSR count). The Balaban J connectivity index is 0.00000120. The standard InChI is InChI=1S/C12H13N3O2.ClH/c1-15-5-4-7-2-3-9-10(8(7)6-15)14-12(17)11(16)13-9;/h2-3H,4-6H2,1H3,(H,13,16)(H,14,17);1H. The average molecular weight is 268 g/mol. The molecule has 1 aromatic carbocycles. The summed E-state index contributed by atoms with van der Waals surface area (Å²) in [6.45, 7) is 1.82. The van der Waals surface area contributed by atoms with Gasteiger partial charge < -0.3 is 14.9 Å². The van der Waals surface area contributed by atoms with Crippen LogP contribution in [-0.2, 0) is 13.0 Å². The minimum absolute atomic E-state index is 0. The average Bonchev–Trinajstić information content (AvgIpc) is 2.31. The van der Waals surface area contributed by atoms with Crippen LogP contribution in [0, 0.1) is 0 Å². The second-order valence-corrected chi connectivity index (χ2v) is 4.52. The van der Waals surface area contributed by atoms with Gasteiger partial charge in [-0.3, -0.25) is 9.59 Å². The van der Waals surface area contributed by atoms with E-state index in [4.69, 9.17) is 0 Å². The smallest absolute Gasteiger partial charge is 0.314 e. The fraction of sp³-hybridized carbons (Fsp3) is 0.333. The minimum atomic E-state index is -0.596. The first-order valence-corrected chi connectivity index (χ1v) is 5.61. The van der Waals surface area contributed by atoms with Crippen LogP contribution in [0.4, 0.5) is 0 Å². The highest BCUT2D eigenvalue weighted by Crippen LogP contribution is 2.23. The van der Waals surface area contributed by atoms with Gasteiger partial charge in [0.2, 0.25) is 0 Å². The summed E-state index contributed by atoms with van der Waals surface area (Å²) in [5.41, 5.74) is 2.64. The molecule has 0 fully saturated rings. The maximum atomic E-state index is 11.4. The number of fused-ring (bicyclic) bond motifs is 3. The van der Waals surface area contributed by atoms with Crippen molar-refractivity contribution >= 4 is 23.4 Å². The number of hydrogen-bond donors (Lipinski definition) is 2. The number of benzene rings is 1. The lowest BCUT2D eigenvalue weighted by Crippen LogP contribution is -2.31. The van der Waals surface area contributed by atoms with E-state index in [0.717, 1.165) is 30.6 Å². The second-order valence-electron chi connectivity index (χ2n) is 4.52. The highest BCUT2D eigenvalue weighted by Gasteiger charge is 2.16. The van der Waals surface area contributed by atoms with E-state index in [9.17, 15) is 9.59 Å². The molecule has 0 unspecified atom stereocenters. The number of likely N-dealkylation sites (N-methyl/N-ethyl adjacent to an activating group) is 1. The van der Waals surface area contributed by atoms with E-state index >= 15 is 0 Å². The number of halogens is 1. The molecule has 2 heterocycles. The number of rotatable bonds is 0. The molecule has 0 atom stereocenters. The quantitative estimate of drug-likeness (QED) is 0.688. The van der Waals surface area contributed by atoms with Crippen LogP contribution in [0.2, 0.25) is 0 Å². The summed E-state index contributed by atoms with van der Waals surface area (Å²) in [5, 5.41) is 0. The molecule has 0 radical (unpaired) electrons. The molecular formula is C12H14ClN3O2. The predicted molar refractivity (Wildman–Crippen MR) is 72.5 cm³/mol. The molecule has 96 valence electrons. The summed E-state index contributed by atoms with van der Waals surface area (Å²) in [6, 6.07) is 3.88. The summed E-state index contributed by atoms with van der Waals surface area (Å²) in [4.78, 5) is 30.1. The largest absolute Gasteiger partial charge is 0.316 e. The lowest BCUT2D eigenvalue weighted by atomic mass is 9.98. The van der Waals surface area contributed by atoms with Gasteiger partial charge >= 0.3 is 11.1 Å². The van der Waals surface area contributed by atoms with Crippen LogP contribution in [-0.4, -0.2) is 28.5 Å². The van der Waals surface area contributed by atoms with Crippen LogP contribution in [0.15, 0.2) is 21.7 Å². The van der Waals surface area contributed by atoms with Crippen LogP contribution in [0.5, 0.6) is 0 Å². The Morgan fingerprint density at radius 2 is 1.89 bits per heavy atom.